The molecule has 29 heavy (non-hydrogen) atoms. The van der Waals surface area contributed by atoms with Crippen LogP contribution in [0, 0.1) is 6.92 Å². The molecule has 1 aromatic heterocycles. The molecule has 2 heterocycles. The molecule has 0 atom stereocenters. The van der Waals surface area contributed by atoms with E-state index in [1.807, 2.05) is 13.1 Å². The Morgan fingerprint density at radius 2 is 1.86 bits per heavy atom. The third kappa shape index (κ3) is 4.80. The second-order valence-corrected chi connectivity index (χ2v) is 7.06. The minimum Gasteiger partial charge on any atom is -0.354 e. The molecule has 0 spiro atoms. The van der Waals surface area contributed by atoms with Gasteiger partial charge in [0.25, 0.3) is 0 Å². The van der Waals surface area contributed by atoms with E-state index >= 15 is 0 Å². The van der Waals surface area contributed by atoms with E-state index in [9.17, 15) is 0 Å². The van der Waals surface area contributed by atoms with Crippen molar-refractivity contribution in [2.45, 2.75) is 19.9 Å². The molecule has 1 N–H and O–H groups in total. The van der Waals surface area contributed by atoms with Gasteiger partial charge in [-0.25, -0.2) is 4.98 Å². The number of aromatic nitrogens is 2. The molecule has 1 aliphatic heterocycles. The molecule has 0 radical (unpaired) electrons. The van der Waals surface area contributed by atoms with Gasteiger partial charge in [-0.1, -0.05) is 48.5 Å². The molecule has 0 saturated carbocycles. The van der Waals surface area contributed by atoms with E-state index in [1.165, 1.54) is 16.7 Å². The Balaban J connectivity index is 0.00000240. The maximum Gasteiger partial charge on any atom is 0.194 e. The smallest absolute Gasteiger partial charge is 0.194 e. The third-order valence-corrected chi connectivity index (χ3v) is 5.33. The van der Waals surface area contributed by atoms with Crippen molar-refractivity contribution in [3.8, 4) is 0 Å². The van der Waals surface area contributed by atoms with Crippen molar-refractivity contribution < 1.29 is 0 Å². The second-order valence-electron chi connectivity index (χ2n) is 7.06. The molecule has 5 nitrogen and oxygen atoms in total. The molecule has 0 bridgehead atoms. The average molecular weight is 501 g/mol. The van der Waals surface area contributed by atoms with Gasteiger partial charge in [0, 0.05) is 33.2 Å². The highest BCUT2D eigenvalue weighted by Gasteiger charge is 2.16. The summed E-state index contributed by atoms with van der Waals surface area (Å²) >= 11 is 0. The van der Waals surface area contributed by atoms with Crippen LogP contribution in [0.3, 0.4) is 0 Å². The van der Waals surface area contributed by atoms with Gasteiger partial charge in [0.1, 0.15) is 5.82 Å². The molecule has 0 fully saturated rings. The summed E-state index contributed by atoms with van der Waals surface area (Å²) in [7, 11) is 1.86. The zero-order valence-corrected chi connectivity index (χ0v) is 19.3. The lowest BCUT2D eigenvalue weighted by molar-refractivity contribution is 0.438. The molecule has 0 unspecified atom stereocenters. The highest BCUT2D eigenvalue weighted by Crippen LogP contribution is 2.22. The van der Waals surface area contributed by atoms with Gasteiger partial charge in [-0.3, -0.25) is 4.99 Å². The number of halogens is 1. The molecule has 2 aromatic carbocycles. The number of aryl methyl sites for hydroxylation is 1. The fourth-order valence-corrected chi connectivity index (χ4v) is 3.87. The number of hydrogen-bond donors (Lipinski definition) is 1. The molecule has 152 valence electrons. The lowest BCUT2D eigenvalue weighted by Gasteiger charge is -2.30. The van der Waals surface area contributed by atoms with Crippen molar-refractivity contribution in [2.24, 2.45) is 4.99 Å². The Morgan fingerprint density at radius 3 is 2.59 bits per heavy atom. The van der Waals surface area contributed by atoms with Crippen LogP contribution in [-0.2, 0) is 6.54 Å². The van der Waals surface area contributed by atoms with Gasteiger partial charge in [-0.15, -0.1) is 24.0 Å². The van der Waals surface area contributed by atoms with Crippen LogP contribution in [0.5, 0.6) is 0 Å². The summed E-state index contributed by atoms with van der Waals surface area (Å²) in [6.07, 6.45) is 3.36. The van der Waals surface area contributed by atoms with Crippen LogP contribution in [-0.4, -0.2) is 47.1 Å². The molecular weight excluding hydrogens is 473 g/mol. The molecule has 6 heteroatoms. The zero-order valence-electron chi connectivity index (χ0n) is 17.0. The van der Waals surface area contributed by atoms with Gasteiger partial charge in [0.05, 0.1) is 11.0 Å². The largest absolute Gasteiger partial charge is 0.354 e. The summed E-state index contributed by atoms with van der Waals surface area (Å²) in [4.78, 5) is 11.4. The van der Waals surface area contributed by atoms with Gasteiger partial charge < -0.3 is 14.8 Å². The van der Waals surface area contributed by atoms with E-state index in [1.54, 1.807) is 0 Å². The third-order valence-electron chi connectivity index (χ3n) is 5.33. The lowest BCUT2D eigenvalue weighted by atomic mass is 10.00. The molecular formula is C23H28IN5. The summed E-state index contributed by atoms with van der Waals surface area (Å²) in [5.41, 5.74) is 4.99. The number of hydrogen-bond acceptors (Lipinski definition) is 2. The summed E-state index contributed by atoms with van der Waals surface area (Å²) < 4.78 is 2.26. The summed E-state index contributed by atoms with van der Waals surface area (Å²) in [6.45, 7) is 5.61. The molecule has 0 amide bonds. The lowest BCUT2D eigenvalue weighted by Crippen LogP contribution is -2.44. The van der Waals surface area contributed by atoms with Crippen molar-refractivity contribution in [3.05, 3.63) is 72.1 Å². The fourth-order valence-electron chi connectivity index (χ4n) is 3.87. The summed E-state index contributed by atoms with van der Waals surface area (Å²) in [5, 5.41) is 3.52. The maximum atomic E-state index is 4.64. The number of guanidine groups is 1. The maximum absolute atomic E-state index is 4.64. The van der Waals surface area contributed by atoms with Crippen LogP contribution in [0.25, 0.3) is 16.6 Å². The monoisotopic (exact) mass is 501 g/mol. The second kappa shape index (κ2) is 9.91. The summed E-state index contributed by atoms with van der Waals surface area (Å²) in [6, 6.07) is 18.9. The Hall–Kier alpha value is -2.35. The number of para-hydroxylation sites is 2. The average Bonchev–Trinajstić information content (AvgIpc) is 3.07. The van der Waals surface area contributed by atoms with Gasteiger partial charge >= 0.3 is 0 Å². The van der Waals surface area contributed by atoms with Crippen LogP contribution >= 0.6 is 24.0 Å². The Kier molecular flexibility index (Phi) is 7.30. The number of nitrogens with zero attached hydrogens (tertiary/aromatic N) is 4. The molecule has 0 saturated heterocycles. The van der Waals surface area contributed by atoms with E-state index in [0.717, 1.165) is 49.9 Å². The van der Waals surface area contributed by atoms with Crippen molar-refractivity contribution >= 4 is 46.5 Å². The standard InChI is InChI=1S/C23H27N5.HI/c1-18-26-21-10-6-7-11-22(21)28(18)17-14-25-23(24-2)27-15-12-20(13-16-27)19-8-4-3-5-9-19;/h3-12H,13-17H2,1-2H3,(H,24,25);1H. The van der Waals surface area contributed by atoms with E-state index in [0.29, 0.717) is 0 Å². The first-order valence-electron chi connectivity index (χ1n) is 9.88. The quantitative estimate of drug-likeness (QED) is 0.329. The number of aliphatic imine (C=N–C) groups is 1. The van der Waals surface area contributed by atoms with Crippen LogP contribution < -0.4 is 5.32 Å². The normalized spacial score (nSPS) is 14.5. The van der Waals surface area contributed by atoms with Gasteiger partial charge in [-0.05, 0) is 36.6 Å². The van der Waals surface area contributed by atoms with Crippen molar-refractivity contribution in [1.82, 2.24) is 19.8 Å². The zero-order chi connectivity index (χ0) is 19.3. The van der Waals surface area contributed by atoms with Crippen molar-refractivity contribution in [3.63, 3.8) is 0 Å². The van der Waals surface area contributed by atoms with Crippen LogP contribution in [0.2, 0.25) is 0 Å². The number of imidazole rings is 1. The Bertz CT molecular complexity index is 1010. The number of rotatable bonds is 4. The molecule has 1 aliphatic rings. The van der Waals surface area contributed by atoms with Gasteiger partial charge in [0.2, 0.25) is 0 Å². The molecule has 4 rings (SSSR count). The van der Waals surface area contributed by atoms with Crippen LogP contribution in [0.15, 0.2) is 65.7 Å². The van der Waals surface area contributed by atoms with Crippen molar-refractivity contribution in [1.29, 1.82) is 0 Å². The topological polar surface area (TPSA) is 45.5 Å². The highest BCUT2D eigenvalue weighted by molar-refractivity contribution is 14.0. The number of benzene rings is 2. The molecule has 0 aliphatic carbocycles. The first-order chi connectivity index (χ1) is 13.8. The Labute approximate surface area is 189 Å². The van der Waals surface area contributed by atoms with Crippen LogP contribution in [0.1, 0.15) is 17.8 Å². The SMILES string of the molecule is CN=C(NCCn1c(C)nc2ccccc21)N1CC=C(c2ccccc2)CC1.I. The predicted octanol–water partition coefficient (Wildman–Crippen LogP) is 4.33. The minimum absolute atomic E-state index is 0. The van der Waals surface area contributed by atoms with Crippen molar-refractivity contribution in [2.75, 3.05) is 26.7 Å². The van der Waals surface area contributed by atoms with E-state index < -0.39 is 0 Å². The number of fused-ring (bicyclic) bond motifs is 1. The minimum atomic E-state index is 0. The molecule has 3 aromatic rings. The van der Waals surface area contributed by atoms with E-state index in [4.69, 9.17) is 0 Å². The van der Waals surface area contributed by atoms with Gasteiger partial charge in [-0.2, -0.15) is 0 Å². The van der Waals surface area contributed by atoms with Crippen LogP contribution in [0.4, 0.5) is 0 Å². The Morgan fingerprint density at radius 1 is 1.10 bits per heavy atom. The number of nitrogens with one attached hydrogen (secondary N) is 1. The van der Waals surface area contributed by atoms with E-state index in [2.05, 4.69) is 86.3 Å². The first kappa shape index (κ1) is 21.4. The fraction of sp³-hybridized carbons (Fsp3) is 0.304. The highest BCUT2D eigenvalue weighted by atomic mass is 127. The summed E-state index contributed by atoms with van der Waals surface area (Å²) in [5.74, 6) is 2.01. The first-order valence-corrected chi connectivity index (χ1v) is 9.88. The van der Waals surface area contributed by atoms with Gasteiger partial charge in [0.15, 0.2) is 5.96 Å². The van der Waals surface area contributed by atoms with E-state index in [-0.39, 0.29) is 24.0 Å². The predicted molar refractivity (Wildman–Crippen MR) is 132 cm³/mol.